The highest BCUT2D eigenvalue weighted by Crippen LogP contribution is 2.31. The van der Waals surface area contributed by atoms with Gasteiger partial charge < -0.3 is 14.5 Å². The Kier molecular flexibility index (Phi) is 6.07. The van der Waals surface area contributed by atoms with Crippen LogP contribution in [0, 0.1) is 13.8 Å². The molecule has 7 heteroatoms. The second-order valence-corrected chi connectivity index (χ2v) is 7.73. The SMILES string of the molecule is COc1ccccc1NC(=O)c1oc2c(c1C)/C(=N/NC(=O)c1ccc(C)cc1)CCC2. The second-order valence-electron chi connectivity index (χ2n) is 7.73. The fourth-order valence-electron chi connectivity index (χ4n) is 3.81. The lowest BCUT2D eigenvalue weighted by molar-refractivity contribution is 0.0953. The molecule has 2 N–H and O–H groups in total. The van der Waals surface area contributed by atoms with Gasteiger partial charge in [-0.15, -0.1) is 0 Å². The van der Waals surface area contributed by atoms with E-state index in [9.17, 15) is 9.59 Å². The number of rotatable bonds is 5. The van der Waals surface area contributed by atoms with Crippen molar-refractivity contribution in [3.63, 3.8) is 0 Å². The zero-order chi connectivity index (χ0) is 22.7. The Bertz CT molecular complexity index is 1190. The number of nitrogens with zero attached hydrogens (tertiary/aromatic N) is 1. The maximum atomic E-state index is 12.9. The Labute approximate surface area is 186 Å². The van der Waals surface area contributed by atoms with E-state index in [1.807, 2.05) is 38.1 Å². The average molecular weight is 431 g/mol. The molecule has 2 amide bonds. The average Bonchev–Trinajstić information content (AvgIpc) is 3.15. The fourth-order valence-corrected chi connectivity index (χ4v) is 3.81. The van der Waals surface area contributed by atoms with Gasteiger partial charge in [-0.3, -0.25) is 9.59 Å². The Morgan fingerprint density at radius 3 is 2.50 bits per heavy atom. The molecule has 164 valence electrons. The molecule has 7 nitrogen and oxygen atoms in total. The van der Waals surface area contributed by atoms with E-state index in [2.05, 4.69) is 15.8 Å². The highest BCUT2D eigenvalue weighted by molar-refractivity contribution is 6.10. The first kappa shape index (κ1) is 21.4. The molecule has 0 saturated heterocycles. The van der Waals surface area contributed by atoms with Gasteiger partial charge >= 0.3 is 0 Å². The van der Waals surface area contributed by atoms with Crippen LogP contribution >= 0.6 is 0 Å². The van der Waals surface area contributed by atoms with E-state index < -0.39 is 0 Å². The number of hydrogen-bond donors (Lipinski definition) is 2. The molecule has 0 spiro atoms. The smallest absolute Gasteiger partial charge is 0.291 e. The summed E-state index contributed by atoms with van der Waals surface area (Å²) >= 11 is 0. The van der Waals surface area contributed by atoms with E-state index in [-0.39, 0.29) is 17.6 Å². The van der Waals surface area contributed by atoms with Crippen LogP contribution in [-0.4, -0.2) is 24.6 Å². The summed E-state index contributed by atoms with van der Waals surface area (Å²) in [6.45, 7) is 3.80. The van der Waals surface area contributed by atoms with Gasteiger partial charge in [-0.05, 0) is 51.0 Å². The molecule has 0 bridgehead atoms. The number of methoxy groups -OCH3 is 1. The van der Waals surface area contributed by atoms with Crippen molar-refractivity contribution in [3.05, 3.63) is 82.3 Å². The number of amides is 2. The van der Waals surface area contributed by atoms with Crippen LogP contribution in [-0.2, 0) is 6.42 Å². The first-order valence-corrected chi connectivity index (χ1v) is 10.5. The van der Waals surface area contributed by atoms with Gasteiger partial charge in [-0.1, -0.05) is 29.8 Å². The number of carbonyl (C=O) groups excluding carboxylic acids is 2. The Morgan fingerprint density at radius 1 is 1.00 bits per heavy atom. The molecule has 4 rings (SSSR count). The van der Waals surface area contributed by atoms with Crippen molar-refractivity contribution >= 4 is 23.2 Å². The number of furan rings is 1. The molecule has 2 aromatic carbocycles. The van der Waals surface area contributed by atoms with Crippen LogP contribution in [0.1, 0.15) is 56.2 Å². The lowest BCUT2D eigenvalue weighted by Crippen LogP contribution is -2.22. The molecule has 0 radical (unpaired) electrons. The number of para-hydroxylation sites is 2. The number of hydrazone groups is 1. The number of aryl methyl sites for hydroxylation is 2. The number of hydrogen-bond acceptors (Lipinski definition) is 5. The van der Waals surface area contributed by atoms with E-state index in [1.54, 1.807) is 31.4 Å². The third kappa shape index (κ3) is 4.27. The van der Waals surface area contributed by atoms with Crippen LogP contribution in [0.5, 0.6) is 5.75 Å². The van der Waals surface area contributed by atoms with Crippen molar-refractivity contribution in [2.24, 2.45) is 5.10 Å². The molecule has 0 atom stereocenters. The van der Waals surface area contributed by atoms with Gasteiger partial charge in [0.1, 0.15) is 11.5 Å². The highest BCUT2D eigenvalue weighted by Gasteiger charge is 2.28. The number of anilines is 1. The first-order chi connectivity index (χ1) is 15.5. The molecule has 3 aromatic rings. The molecule has 1 heterocycles. The summed E-state index contributed by atoms with van der Waals surface area (Å²) in [5.41, 5.74) is 7.04. The van der Waals surface area contributed by atoms with Crippen LogP contribution in [0.25, 0.3) is 0 Å². The Hall–Kier alpha value is -3.87. The Balaban J connectivity index is 1.57. The number of ether oxygens (including phenoxy) is 1. The summed E-state index contributed by atoms with van der Waals surface area (Å²) in [4.78, 5) is 25.4. The molecule has 1 aliphatic rings. The normalized spacial score (nSPS) is 14.0. The lowest BCUT2D eigenvalue weighted by atomic mass is 9.93. The summed E-state index contributed by atoms with van der Waals surface area (Å²) in [6.07, 6.45) is 2.23. The minimum atomic E-state index is -0.357. The minimum absolute atomic E-state index is 0.236. The molecule has 1 aliphatic carbocycles. The van der Waals surface area contributed by atoms with Gasteiger partial charge in [0.25, 0.3) is 11.8 Å². The van der Waals surface area contributed by atoms with Crippen molar-refractivity contribution in [3.8, 4) is 5.75 Å². The number of fused-ring (bicyclic) bond motifs is 1. The molecular weight excluding hydrogens is 406 g/mol. The van der Waals surface area contributed by atoms with Gasteiger partial charge in [0.2, 0.25) is 0 Å². The van der Waals surface area contributed by atoms with Gasteiger partial charge in [0.05, 0.1) is 18.5 Å². The summed E-state index contributed by atoms with van der Waals surface area (Å²) in [7, 11) is 1.55. The van der Waals surface area contributed by atoms with Crippen LogP contribution in [0.15, 0.2) is 58.0 Å². The monoisotopic (exact) mass is 431 g/mol. The predicted octanol–water partition coefficient (Wildman–Crippen LogP) is 4.63. The summed E-state index contributed by atoms with van der Waals surface area (Å²) in [5, 5.41) is 7.23. The van der Waals surface area contributed by atoms with Gasteiger partial charge in [0, 0.05) is 23.1 Å². The number of benzene rings is 2. The van der Waals surface area contributed by atoms with E-state index in [0.29, 0.717) is 46.9 Å². The summed E-state index contributed by atoms with van der Waals surface area (Å²) in [5.74, 6) is 0.878. The molecule has 0 aliphatic heterocycles. The molecule has 32 heavy (non-hydrogen) atoms. The lowest BCUT2D eigenvalue weighted by Gasteiger charge is -2.13. The Morgan fingerprint density at radius 2 is 1.75 bits per heavy atom. The van der Waals surface area contributed by atoms with E-state index in [1.165, 1.54) is 0 Å². The largest absolute Gasteiger partial charge is 0.495 e. The number of nitrogens with one attached hydrogen (secondary N) is 2. The maximum Gasteiger partial charge on any atom is 0.291 e. The van der Waals surface area contributed by atoms with Crippen molar-refractivity contribution in [2.45, 2.75) is 33.1 Å². The first-order valence-electron chi connectivity index (χ1n) is 10.5. The molecule has 0 saturated carbocycles. The second kappa shape index (κ2) is 9.09. The summed E-state index contributed by atoms with van der Waals surface area (Å²) < 4.78 is 11.2. The zero-order valence-corrected chi connectivity index (χ0v) is 18.3. The van der Waals surface area contributed by atoms with Gasteiger partial charge in [0.15, 0.2) is 5.76 Å². The maximum absolute atomic E-state index is 12.9. The van der Waals surface area contributed by atoms with E-state index >= 15 is 0 Å². The van der Waals surface area contributed by atoms with Crippen molar-refractivity contribution < 1.29 is 18.7 Å². The van der Waals surface area contributed by atoms with Crippen LogP contribution in [0.3, 0.4) is 0 Å². The predicted molar refractivity (Wildman–Crippen MR) is 123 cm³/mol. The van der Waals surface area contributed by atoms with Crippen molar-refractivity contribution in [1.29, 1.82) is 0 Å². The fraction of sp³-hybridized carbons (Fsp3) is 0.240. The standard InChI is InChI=1S/C25H25N3O4/c1-15-11-13-17(14-12-15)24(29)28-27-19-8-6-10-21-22(19)16(2)23(32-21)25(30)26-18-7-4-5-9-20(18)31-3/h4-5,7,9,11-14H,6,8,10H2,1-3H3,(H,26,30)(H,28,29)/b27-19+. The molecule has 0 fully saturated rings. The molecular formula is C25H25N3O4. The van der Waals surface area contributed by atoms with E-state index in [4.69, 9.17) is 9.15 Å². The quantitative estimate of drug-likeness (QED) is 0.576. The zero-order valence-electron chi connectivity index (χ0n) is 18.3. The molecule has 0 unspecified atom stereocenters. The van der Waals surface area contributed by atoms with Crippen LogP contribution < -0.4 is 15.5 Å². The third-order valence-corrected chi connectivity index (χ3v) is 5.49. The highest BCUT2D eigenvalue weighted by atomic mass is 16.5. The number of carbonyl (C=O) groups is 2. The summed E-state index contributed by atoms with van der Waals surface area (Å²) in [6, 6.07) is 14.5. The van der Waals surface area contributed by atoms with Crippen LogP contribution in [0.2, 0.25) is 0 Å². The van der Waals surface area contributed by atoms with Gasteiger partial charge in [-0.25, -0.2) is 5.43 Å². The topological polar surface area (TPSA) is 92.9 Å². The van der Waals surface area contributed by atoms with Crippen molar-refractivity contribution in [2.75, 3.05) is 12.4 Å². The van der Waals surface area contributed by atoms with Crippen LogP contribution in [0.4, 0.5) is 5.69 Å². The van der Waals surface area contributed by atoms with E-state index in [0.717, 1.165) is 17.5 Å². The van der Waals surface area contributed by atoms with Gasteiger partial charge in [-0.2, -0.15) is 5.10 Å². The molecule has 1 aromatic heterocycles. The third-order valence-electron chi connectivity index (χ3n) is 5.49. The minimum Gasteiger partial charge on any atom is -0.495 e. The van der Waals surface area contributed by atoms with Crippen molar-refractivity contribution in [1.82, 2.24) is 5.43 Å².